The molecule has 0 spiro atoms. The first-order valence-corrected chi connectivity index (χ1v) is 13.8. The second-order valence-electron chi connectivity index (χ2n) is 9.87. The quantitative estimate of drug-likeness (QED) is 0.166. The number of hydrogen-bond acceptors (Lipinski definition) is 5. The van der Waals surface area contributed by atoms with Gasteiger partial charge in [-0.25, -0.2) is 0 Å². The lowest BCUT2D eigenvalue weighted by Gasteiger charge is -2.18. The van der Waals surface area contributed by atoms with Crippen molar-refractivity contribution in [3.05, 3.63) is 112 Å². The molecule has 1 aromatic heterocycles. The fourth-order valence-electron chi connectivity index (χ4n) is 4.89. The van der Waals surface area contributed by atoms with Crippen LogP contribution in [0.2, 0.25) is 0 Å². The highest BCUT2D eigenvalue weighted by Crippen LogP contribution is 2.34. The van der Waals surface area contributed by atoms with Crippen molar-refractivity contribution in [1.82, 2.24) is 4.90 Å². The highest BCUT2D eigenvalue weighted by Gasteiger charge is 2.23. The Kier molecular flexibility index (Phi) is 8.21. The average molecular weight is 601 g/mol. The SMILES string of the molecule is COC(=O)C(COc1ccc2cc(CN(C)C(=O)c3oc4ccccc4c3C)ccc2c1Br)Cc1ccccc1. The molecule has 204 valence electrons. The Morgan fingerprint density at radius 3 is 2.42 bits per heavy atom. The summed E-state index contributed by atoms with van der Waals surface area (Å²) in [6.07, 6.45) is 0.530. The van der Waals surface area contributed by atoms with Crippen LogP contribution in [0.3, 0.4) is 0 Å². The number of ether oxygens (including phenoxy) is 2. The predicted octanol–water partition coefficient (Wildman–Crippen LogP) is 7.34. The van der Waals surface area contributed by atoms with Gasteiger partial charge in [-0.3, -0.25) is 9.59 Å². The zero-order valence-corrected chi connectivity index (χ0v) is 24.2. The number of furan rings is 1. The van der Waals surface area contributed by atoms with Crippen molar-refractivity contribution >= 4 is 49.5 Å². The second kappa shape index (κ2) is 12.0. The fourth-order valence-corrected chi connectivity index (χ4v) is 5.50. The fraction of sp³-hybridized carbons (Fsp3) is 0.212. The topological polar surface area (TPSA) is 69.0 Å². The molecule has 0 aliphatic rings. The first-order chi connectivity index (χ1) is 19.4. The summed E-state index contributed by atoms with van der Waals surface area (Å²) in [5.41, 5.74) is 3.60. The number of nitrogens with zero attached hydrogens (tertiary/aromatic N) is 1. The van der Waals surface area contributed by atoms with E-state index < -0.39 is 5.92 Å². The first-order valence-electron chi connectivity index (χ1n) is 13.0. The third kappa shape index (κ3) is 5.75. The molecule has 0 aliphatic carbocycles. The number of halogens is 1. The largest absolute Gasteiger partial charge is 0.491 e. The van der Waals surface area contributed by atoms with Crippen LogP contribution in [0.15, 0.2) is 93.8 Å². The first kappa shape index (κ1) is 27.5. The lowest BCUT2D eigenvalue weighted by Crippen LogP contribution is -2.26. The number of benzene rings is 4. The van der Waals surface area contributed by atoms with E-state index in [-0.39, 0.29) is 18.5 Å². The van der Waals surface area contributed by atoms with Gasteiger partial charge in [0.25, 0.3) is 5.91 Å². The number of rotatable bonds is 9. The number of methoxy groups -OCH3 is 1. The van der Waals surface area contributed by atoms with E-state index in [4.69, 9.17) is 13.9 Å². The number of hydrogen-bond donors (Lipinski definition) is 0. The maximum absolute atomic E-state index is 13.2. The van der Waals surface area contributed by atoms with Gasteiger partial charge in [-0.2, -0.15) is 0 Å². The van der Waals surface area contributed by atoms with Crippen LogP contribution in [0.5, 0.6) is 5.75 Å². The van der Waals surface area contributed by atoms with Crippen LogP contribution in [0, 0.1) is 12.8 Å². The van der Waals surface area contributed by atoms with E-state index >= 15 is 0 Å². The van der Waals surface area contributed by atoms with Gasteiger partial charge in [0.05, 0.1) is 17.5 Å². The molecule has 5 aromatic rings. The maximum Gasteiger partial charge on any atom is 0.312 e. The summed E-state index contributed by atoms with van der Waals surface area (Å²) in [6.45, 7) is 2.54. The molecule has 1 amide bonds. The number of carbonyl (C=O) groups is 2. The normalized spacial score (nSPS) is 11.9. The molecule has 1 heterocycles. The minimum Gasteiger partial charge on any atom is -0.491 e. The minimum atomic E-state index is -0.430. The van der Waals surface area contributed by atoms with Gasteiger partial charge < -0.3 is 18.8 Å². The summed E-state index contributed by atoms with van der Waals surface area (Å²) in [5, 5.41) is 2.93. The zero-order chi connectivity index (χ0) is 28.2. The van der Waals surface area contributed by atoms with E-state index in [1.165, 1.54) is 7.11 Å². The zero-order valence-electron chi connectivity index (χ0n) is 22.6. The molecule has 7 heteroatoms. The molecule has 0 bridgehead atoms. The molecule has 0 saturated carbocycles. The summed E-state index contributed by atoms with van der Waals surface area (Å²) >= 11 is 3.69. The Labute approximate surface area is 241 Å². The molecule has 0 N–H and O–H groups in total. The van der Waals surface area contributed by atoms with Gasteiger partial charge in [-0.05, 0) is 69.4 Å². The molecule has 0 fully saturated rings. The highest BCUT2D eigenvalue weighted by molar-refractivity contribution is 9.10. The summed E-state index contributed by atoms with van der Waals surface area (Å²) in [5.74, 6) is 0.124. The molecule has 0 aliphatic heterocycles. The molecule has 5 rings (SSSR count). The standard InChI is InChI=1S/C33H30BrNO5/c1-21-26-11-7-8-12-28(26)40-31(21)32(36)35(2)19-23-13-15-27-24(18-23)14-16-29(30(27)34)39-20-25(33(37)38-3)17-22-9-5-4-6-10-22/h4-16,18,25H,17,19-20H2,1-3H3. The van der Waals surface area contributed by atoms with Gasteiger partial charge in [0.1, 0.15) is 17.9 Å². The number of fused-ring (bicyclic) bond motifs is 2. The molecule has 1 atom stereocenters. The molecule has 1 unspecified atom stereocenters. The van der Waals surface area contributed by atoms with Gasteiger partial charge in [0.2, 0.25) is 0 Å². The summed E-state index contributed by atoms with van der Waals surface area (Å²) in [4.78, 5) is 27.3. The maximum atomic E-state index is 13.2. The van der Waals surface area contributed by atoms with Crippen LogP contribution in [0.1, 0.15) is 27.2 Å². The number of aryl methyl sites for hydroxylation is 1. The predicted molar refractivity (Wildman–Crippen MR) is 160 cm³/mol. The van der Waals surface area contributed by atoms with Crippen LogP contribution < -0.4 is 4.74 Å². The smallest absolute Gasteiger partial charge is 0.312 e. The number of esters is 1. The molecule has 40 heavy (non-hydrogen) atoms. The Hall–Kier alpha value is -4.10. The molecule has 6 nitrogen and oxygen atoms in total. The van der Waals surface area contributed by atoms with Crippen LogP contribution >= 0.6 is 15.9 Å². The molecular formula is C33H30BrNO5. The van der Waals surface area contributed by atoms with E-state index in [9.17, 15) is 9.59 Å². The lowest BCUT2D eigenvalue weighted by molar-refractivity contribution is -0.146. The van der Waals surface area contributed by atoms with Crippen molar-refractivity contribution in [3.8, 4) is 5.75 Å². The van der Waals surface area contributed by atoms with E-state index in [2.05, 4.69) is 22.0 Å². The number of carbonyl (C=O) groups excluding carboxylic acids is 2. The molecule has 4 aromatic carbocycles. The molecular weight excluding hydrogens is 570 g/mol. The third-order valence-electron chi connectivity index (χ3n) is 7.09. The monoisotopic (exact) mass is 599 g/mol. The van der Waals surface area contributed by atoms with Gasteiger partial charge in [0, 0.05) is 24.5 Å². The number of para-hydroxylation sites is 1. The van der Waals surface area contributed by atoms with Crippen LogP contribution in [-0.4, -0.2) is 37.5 Å². The average Bonchev–Trinajstić information content (AvgIpc) is 3.32. The van der Waals surface area contributed by atoms with E-state index in [0.29, 0.717) is 30.1 Å². The summed E-state index contributed by atoms with van der Waals surface area (Å²) in [6, 6.07) is 27.4. The van der Waals surface area contributed by atoms with Crippen molar-refractivity contribution < 1.29 is 23.5 Å². The van der Waals surface area contributed by atoms with Gasteiger partial charge >= 0.3 is 5.97 Å². The van der Waals surface area contributed by atoms with E-state index in [0.717, 1.165) is 37.3 Å². The van der Waals surface area contributed by atoms with Crippen LogP contribution in [0.25, 0.3) is 21.7 Å². The molecule has 0 saturated heterocycles. The Balaban J connectivity index is 1.29. The highest BCUT2D eigenvalue weighted by atomic mass is 79.9. The van der Waals surface area contributed by atoms with E-state index in [1.807, 2.05) is 85.8 Å². The number of amides is 1. The van der Waals surface area contributed by atoms with Crippen molar-refractivity contribution in [3.63, 3.8) is 0 Å². The Morgan fingerprint density at radius 2 is 1.68 bits per heavy atom. The second-order valence-corrected chi connectivity index (χ2v) is 10.7. The van der Waals surface area contributed by atoms with Crippen molar-refractivity contribution in [2.45, 2.75) is 19.9 Å². The van der Waals surface area contributed by atoms with Crippen LogP contribution in [0.4, 0.5) is 0 Å². The Bertz CT molecular complexity index is 1680. The summed E-state index contributed by atoms with van der Waals surface area (Å²) < 4.78 is 17.8. The summed E-state index contributed by atoms with van der Waals surface area (Å²) in [7, 11) is 3.17. The van der Waals surface area contributed by atoms with Crippen molar-refractivity contribution in [2.24, 2.45) is 5.92 Å². The van der Waals surface area contributed by atoms with Gasteiger partial charge in [-0.15, -0.1) is 0 Å². The Morgan fingerprint density at radius 1 is 0.925 bits per heavy atom. The van der Waals surface area contributed by atoms with Crippen molar-refractivity contribution in [1.29, 1.82) is 0 Å². The van der Waals surface area contributed by atoms with E-state index in [1.54, 1.807) is 11.9 Å². The van der Waals surface area contributed by atoms with Crippen molar-refractivity contribution in [2.75, 3.05) is 20.8 Å². The molecule has 0 radical (unpaired) electrons. The third-order valence-corrected chi connectivity index (χ3v) is 7.90. The van der Waals surface area contributed by atoms with Gasteiger partial charge in [-0.1, -0.05) is 66.7 Å². The lowest BCUT2D eigenvalue weighted by atomic mass is 10.0. The van der Waals surface area contributed by atoms with Gasteiger partial charge in [0.15, 0.2) is 5.76 Å². The minimum absolute atomic E-state index is 0.158. The van der Waals surface area contributed by atoms with Crippen LogP contribution in [-0.2, 0) is 22.5 Å².